The summed E-state index contributed by atoms with van der Waals surface area (Å²) in [6, 6.07) is 0. The highest BCUT2D eigenvalue weighted by Gasteiger charge is 2.19. The first-order valence-corrected chi connectivity index (χ1v) is 35.1. The van der Waals surface area contributed by atoms with E-state index in [1.54, 1.807) is 0 Å². The van der Waals surface area contributed by atoms with Gasteiger partial charge in [-0.2, -0.15) is 0 Å². The smallest absolute Gasteiger partial charge is 0.306 e. The van der Waals surface area contributed by atoms with Crippen molar-refractivity contribution in [3.05, 3.63) is 85.1 Å². The molecule has 0 bridgehead atoms. The zero-order chi connectivity index (χ0) is 58.5. The normalized spacial score (nSPS) is 12.6. The number of unbranched alkanes of at least 4 members (excludes halogenated alkanes) is 39. The monoisotopic (exact) mass is 1130 g/mol. The average molecular weight is 1130 g/mol. The summed E-state index contributed by atoms with van der Waals surface area (Å²) in [6.45, 7) is 6.52. The van der Waals surface area contributed by atoms with Gasteiger partial charge in [-0.1, -0.05) is 337 Å². The predicted molar refractivity (Wildman–Crippen MR) is 353 cm³/mol. The predicted octanol–water partition coefficient (Wildman–Crippen LogP) is 24.2. The van der Waals surface area contributed by atoms with Gasteiger partial charge < -0.3 is 14.2 Å². The van der Waals surface area contributed by atoms with Crippen LogP contribution in [-0.4, -0.2) is 37.2 Å². The first-order chi connectivity index (χ1) is 40.0. The van der Waals surface area contributed by atoms with Crippen LogP contribution in [0.4, 0.5) is 0 Å². The molecule has 6 nitrogen and oxygen atoms in total. The van der Waals surface area contributed by atoms with E-state index in [0.717, 1.165) is 77.0 Å². The van der Waals surface area contributed by atoms with Crippen molar-refractivity contribution in [2.24, 2.45) is 0 Å². The van der Waals surface area contributed by atoms with Gasteiger partial charge in [0, 0.05) is 19.3 Å². The molecule has 0 aliphatic rings. The summed E-state index contributed by atoms with van der Waals surface area (Å²) >= 11 is 0. The number of hydrogen-bond acceptors (Lipinski definition) is 6. The molecule has 0 N–H and O–H groups in total. The molecule has 1 atom stereocenters. The minimum absolute atomic E-state index is 0.0969. The third-order valence-electron chi connectivity index (χ3n) is 15.4. The molecule has 0 amide bonds. The van der Waals surface area contributed by atoms with Crippen LogP contribution in [0, 0.1) is 0 Å². The molecular weight excluding hydrogens is 997 g/mol. The molecule has 0 spiro atoms. The first-order valence-electron chi connectivity index (χ1n) is 35.1. The Kier molecular flexibility index (Phi) is 66.2. The summed E-state index contributed by atoms with van der Waals surface area (Å²) < 4.78 is 16.9. The van der Waals surface area contributed by atoms with Crippen LogP contribution < -0.4 is 0 Å². The van der Waals surface area contributed by atoms with Crippen molar-refractivity contribution in [1.82, 2.24) is 0 Å². The van der Waals surface area contributed by atoms with Crippen molar-refractivity contribution in [2.45, 2.75) is 361 Å². The molecule has 0 heterocycles. The van der Waals surface area contributed by atoms with Gasteiger partial charge in [0.05, 0.1) is 0 Å². The Bertz CT molecular complexity index is 1530. The fraction of sp³-hybridized carbons (Fsp3) is 0.773. The van der Waals surface area contributed by atoms with E-state index in [1.807, 2.05) is 6.08 Å². The Morgan fingerprint density at radius 3 is 0.827 bits per heavy atom. The van der Waals surface area contributed by atoms with Gasteiger partial charge in [0.1, 0.15) is 13.2 Å². The van der Waals surface area contributed by atoms with Gasteiger partial charge in [0.2, 0.25) is 0 Å². The van der Waals surface area contributed by atoms with Crippen molar-refractivity contribution in [3.8, 4) is 0 Å². The zero-order valence-corrected chi connectivity index (χ0v) is 53.8. The molecule has 0 radical (unpaired) electrons. The molecule has 0 aromatic heterocycles. The average Bonchev–Trinajstić information content (AvgIpc) is 3.47. The van der Waals surface area contributed by atoms with Gasteiger partial charge in [-0.05, 0) is 83.5 Å². The third-order valence-corrected chi connectivity index (χ3v) is 15.4. The molecule has 468 valence electrons. The number of allylic oxidation sites excluding steroid dienone is 14. The summed E-state index contributed by atoms with van der Waals surface area (Å²) in [6.07, 6.45) is 91.9. The maximum absolute atomic E-state index is 13.0. The molecule has 0 saturated carbocycles. The maximum Gasteiger partial charge on any atom is 0.306 e. The summed E-state index contributed by atoms with van der Waals surface area (Å²) in [5, 5.41) is 0. The van der Waals surface area contributed by atoms with E-state index < -0.39 is 6.10 Å². The number of esters is 3. The Labute approximate surface area is 503 Å². The molecule has 0 aromatic carbocycles. The second-order valence-electron chi connectivity index (χ2n) is 23.4. The highest BCUT2D eigenvalue weighted by molar-refractivity contribution is 5.71. The molecular formula is C75H132O6. The van der Waals surface area contributed by atoms with E-state index in [2.05, 4.69) is 99.8 Å². The zero-order valence-electron chi connectivity index (χ0n) is 53.8. The van der Waals surface area contributed by atoms with Crippen LogP contribution in [0.3, 0.4) is 0 Å². The molecule has 6 heteroatoms. The van der Waals surface area contributed by atoms with E-state index in [0.29, 0.717) is 19.3 Å². The van der Waals surface area contributed by atoms with Gasteiger partial charge in [0.15, 0.2) is 6.10 Å². The van der Waals surface area contributed by atoms with E-state index in [9.17, 15) is 14.4 Å². The molecule has 0 aromatic rings. The number of carbonyl (C=O) groups excluding carboxylic acids is 3. The lowest BCUT2D eigenvalue weighted by Gasteiger charge is -2.18. The second kappa shape index (κ2) is 69.1. The van der Waals surface area contributed by atoms with Crippen molar-refractivity contribution >= 4 is 17.9 Å². The third kappa shape index (κ3) is 67.3. The van der Waals surface area contributed by atoms with E-state index >= 15 is 0 Å². The fourth-order valence-electron chi connectivity index (χ4n) is 10.2. The molecule has 0 rings (SSSR count). The van der Waals surface area contributed by atoms with Crippen LogP contribution in [0.5, 0.6) is 0 Å². The van der Waals surface area contributed by atoms with Crippen LogP contribution in [0.15, 0.2) is 85.1 Å². The number of ether oxygens (including phenoxy) is 3. The lowest BCUT2D eigenvalue weighted by atomic mass is 10.0. The fourth-order valence-corrected chi connectivity index (χ4v) is 10.2. The van der Waals surface area contributed by atoms with Crippen molar-refractivity contribution < 1.29 is 28.6 Å². The highest BCUT2D eigenvalue weighted by Crippen LogP contribution is 2.18. The number of rotatable bonds is 64. The van der Waals surface area contributed by atoms with Crippen LogP contribution in [-0.2, 0) is 28.6 Å². The Balaban J connectivity index is 4.41. The summed E-state index contributed by atoms with van der Waals surface area (Å²) in [7, 11) is 0. The maximum atomic E-state index is 13.0. The lowest BCUT2D eigenvalue weighted by Crippen LogP contribution is -2.30. The Hall–Kier alpha value is -3.41. The van der Waals surface area contributed by atoms with Crippen LogP contribution in [0.1, 0.15) is 355 Å². The Morgan fingerprint density at radius 2 is 0.506 bits per heavy atom. The molecule has 81 heavy (non-hydrogen) atoms. The van der Waals surface area contributed by atoms with Crippen LogP contribution in [0.25, 0.3) is 0 Å². The summed E-state index contributed by atoms with van der Waals surface area (Å²) in [4.78, 5) is 38.4. The van der Waals surface area contributed by atoms with Crippen LogP contribution >= 0.6 is 0 Å². The number of carbonyl (C=O) groups is 3. The molecule has 0 aliphatic carbocycles. The van der Waals surface area contributed by atoms with Crippen LogP contribution in [0.2, 0.25) is 0 Å². The molecule has 1 unspecified atom stereocenters. The minimum atomic E-state index is -0.808. The van der Waals surface area contributed by atoms with Crippen molar-refractivity contribution in [3.63, 3.8) is 0 Å². The van der Waals surface area contributed by atoms with E-state index in [1.165, 1.54) is 231 Å². The van der Waals surface area contributed by atoms with Gasteiger partial charge in [0.25, 0.3) is 0 Å². The van der Waals surface area contributed by atoms with E-state index in [4.69, 9.17) is 14.2 Å². The van der Waals surface area contributed by atoms with Gasteiger partial charge >= 0.3 is 17.9 Å². The summed E-state index contributed by atoms with van der Waals surface area (Å²) in [5.41, 5.74) is 0. The SMILES string of the molecule is CC/C=C\C/C=C\C/C=C\C/C=C\C/C=C\C/C=C\CCC(=O)OCC(COC(=O)CCCCCCCCCCCCC/C=C\CCCCCCCCCC)OC(=O)CCCCCCCCCCCCCCCCCCCCCCC. The largest absolute Gasteiger partial charge is 0.462 e. The van der Waals surface area contributed by atoms with Gasteiger partial charge in [-0.25, -0.2) is 0 Å². The van der Waals surface area contributed by atoms with Crippen molar-refractivity contribution in [2.75, 3.05) is 13.2 Å². The minimum Gasteiger partial charge on any atom is -0.462 e. The van der Waals surface area contributed by atoms with E-state index in [-0.39, 0.29) is 37.5 Å². The number of hydrogen-bond donors (Lipinski definition) is 0. The topological polar surface area (TPSA) is 78.9 Å². The second-order valence-corrected chi connectivity index (χ2v) is 23.4. The lowest BCUT2D eigenvalue weighted by molar-refractivity contribution is -0.166. The standard InChI is InChI=1S/C75H132O6/c1-4-7-10-13-16-19-22-25-28-31-34-36-37-39-41-44-47-50-53-56-59-62-65-68-74(77)80-71-72(70-79-73(76)67-64-61-58-55-52-49-46-43-40-33-30-27-24-21-18-15-12-9-6-3)81-75(78)69-66-63-60-57-54-51-48-45-42-38-35-32-29-26-23-20-17-14-11-8-5-2/h9,12,18,21,27,30-31,34,40,43,49,52,58,61,72H,4-8,10-11,13-17,19-20,22-26,28-29,32-33,35-39,41-42,44-48,50-51,53-57,59-60,62-71H2,1-3H3/b12-9-,21-18-,30-27-,34-31-,43-40-,52-49-,61-58-. The molecule has 0 aliphatic heterocycles. The van der Waals surface area contributed by atoms with Crippen molar-refractivity contribution in [1.29, 1.82) is 0 Å². The Morgan fingerprint density at radius 1 is 0.259 bits per heavy atom. The first kappa shape index (κ1) is 77.6. The summed E-state index contributed by atoms with van der Waals surface area (Å²) in [5.74, 6) is -0.965. The highest BCUT2D eigenvalue weighted by atomic mass is 16.6. The molecule has 0 saturated heterocycles. The van der Waals surface area contributed by atoms with Gasteiger partial charge in [-0.15, -0.1) is 0 Å². The molecule has 0 fully saturated rings. The quantitative estimate of drug-likeness (QED) is 0.0261. The van der Waals surface area contributed by atoms with Gasteiger partial charge in [-0.3, -0.25) is 14.4 Å².